The highest BCUT2D eigenvalue weighted by molar-refractivity contribution is 5.96. The minimum Gasteiger partial charge on any atom is -0.493 e. The Morgan fingerprint density at radius 1 is 1.02 bits per heavy atom. The van der Waals surface area contributed by atoms with Gasteiger partial charge in [-0.2, -0.15) is 10.1 Å². The van der Waals surface area contributed by atoms with Crippen molar-refractivity contribution >= 4 is 5.91 Å². The average molecular weight is 540 g/mol. The van der Waals surface area contributed by atoms with E-state index in [2.05, 4.69) is 36.1 Å². The van der Waals surface area contributed by atoms with E-state index in [9.17, 15) is 14.7 Å². The molecule has 0 saturated carbocycles. The van der Waals surface area contributed by atoms with Gasteiger partial charge in [-0.15, -0.1) is 0 Å². The van der Waals surface area contributed by atoms with Gasteiger partial charge in [0.15, 0.2) is 11.4 Å². The first-order valence-electron chi connectivity index (χ1n) is 14.2. The standard InChI is InChI=1S/C32H37N5O3/c1-5-22-13-10-14-23(6-2)28(22)37-29(26-16-18-36(34-26)19-21(3)4)33-30(38)27(32(37)40)31(39)35-17-15-25(20-35)24-11-8-7-9-12-24/h7-14,16,18,21,25,40H,5-6,15,17,19-20H2,1-4H3/t25-/m1/s1. The van der Waals surface area contributed by atoms with Crippen LogP contribution in [-0.4, -0.2) is 48.3 Å². The molecule has 1 aliphatic heterocycles. The summed E-state index contributed by atoms with van der Waals surface area (Å²) in [5.74, 6) is -0.104. The number of amides is 1. The molecule has 0 unspecified atom stereocenters. The minimum absolute atomic E-state index is 0.180. The molecule has 1 aliphatic rings. The average Bonchev–Trinajstić information content (AvgIpc) is 3.63. The van der Waals surface area contributed by atoms with Crippen LogP contribution in [-0.2, 0) is 19.4 Å². The molecule has 2 aromatic heterocycles. The van der Waals surface area contributed by atoms with E-state index >= 15 is 0 Å². The second-order valence-corrected chi connectivity index (χ2v) is 10.9. The fourth-order valence-electron chi connectivity index (χ4n) is 5.64. The highest BCUT2D eigenvalue weighted by Crippen LogP contribution is 2.34. The molecular formula is C32H37N5O3. The maximum atomic E-state index is 13.8. The smallest absolute Gasteiger partial charge is 0.290 e. The van der Waals surface area contributed by atoms with Crippen molar-refractivity contribution in [3.05, 3.63) is 93.4 Å². The van der Waals surface area contributed by atoms with Crippen LogP contribution >= 0.6 is 0 Å². The molecule has 1 saturated heterocycles. The lowest BCUT2D eigenvalue weighted by molar-refractivity contribution is 0.0784. The first kappa shape index (κ1) is 27.4. The van der Waals surface area contributed by atoms with E-state index < -0.39 is 17.3 Å². The number of carbonyl (C=O) groups excluding carboxylic acids is 1. The van der Waals surface area contributed by atoms with Gasteiger partial charge in [-0.3, -0.25) is 18.8 Å². The number of carbonyl (C=O) groups is 1. The number of likely N-dealkylation sites (tertiary alicyclic amines) is 1. The summed E-state index contributed by atoms with van der Waals surface area (Å²) < 4.78 is 3.38. The molecule has 8 nitrogen and oxygen atoms in total. The summed E-state index contributed by atoms with van der Waals surface area (Å²) in [4.78, 5) is 33.4. The number of aromatic nitrogens is 4. The van der Waals surface area contributed by atoms with Crippen molar-refractivity contribution in [3.63, 3.8) is 0 Å². The molecule has 8 heteroatoms. The number of nitrogens with zero attached hydrogens (tertiary/aromatic N) is 5. The van der Waals surface area contributed by atoms with Crippen LogP contribution in [0.1, 0.15) is 67.1 Å². The maximum Gasteiger partial charge on any atom is 0.290 e. The quantitative estimate of drug-likeness (QED) is 0.332. The first-order valence-corrected chi connectivity index (χ1v) is 14.2. The third-order valence-electron chi connectivity index (χ3n) is 7.64. The largest absolute Gasteiger partial charge is 0.493 e. The lowest BCUT2D eigenvalue weighted by Crippen LogP contribution is -2.34. The van der Waals surface area contributed by atoms with Crippen LogP contribution in [0.2, 0.25) is 0 Å². The second kappa shape index (κ2) is 11.5. The van der Waals surface area contributed by atoms with Gasteiger partial charge in [0.05, 0.1) is 5.69 Å². The maximum absolute atomic E-state index is 13.8. The van der Waals surface area contributed by atoms with Crippen LogP contribution in [0.4, 0.5) is 0 Å². The van der Waals surface area contributed by atoms with Crippen LogP contribution < -0.4 is 5.56 Å². The molecule has 1 amide bonds. The van der Waals surface area contributed by atoms with Crippen molar-refractivity contribution in [2.45, 2.75) is 59.4 Å². The van der Waals surface area contributed by atoms with Gasteiger partial charge in [0.1, 0.15) is 5.69 Å². The van der Waals surface area contributed by atoms with Crippen molar-refractivity contribution in [2.75, 3.05) is 13.1 Å². The van der Waals surface area contributed by atoms with Gasteiger partial charge in [0.2, 0.25) is 5.88 Å². The number of rotatable bonds is 8. The molecule has 0 radical (unpaired) electrons. The van der Waals surface area contributed by atoms with Crippen LogP contribution in [0.3, 0.4) is 0 Å². The molecule has 4 aromatic rings. The normalized spacial score (nSPS) is 15.2. The molecule has 208 valence electrons. The van der Waals surface area contributed by atoms with Crippen LogP contribution in [0, 0.1) is 5.92 Å². The van der Waals surface area contributed by atoms with Crippen LogP contribution in [0.15, 0.2) is 65.6 Å². The zero-order chi connectivity index (χ0) is 28.4. The summed E-state index contributed by atoms with van der Waals surface area (Å²) in [6.07, 6.45) is 4.04. The molecule has 0 aliphatic carbocycles. The van der Waals surface area contributed by atoms with Crippen molar-refractivity contribution in [2.24, 2.45) is 5.92 Å². The van der Waals surface area contributed by atoms with Crippen molar-refractivity contribution in [1.29, 1.82) is 0 Å². The van der Waals surface area contributed by atoms with E-state index in [1.165, 1.54) is 0 Å². The first-order chi connectivity index (χ1) is 19.3. The third kappa shape index (κ3) is 5.18. The van der Waals surface area contributed by atoms with E-state index in [-0.39, 0.29) is 17.3 Å². The predicted octanol–water partition coefficient (Wildman–Crippen LogP) is 5.21. The Morgan fingerprint density at radius 2 is 1.73 bits per heavy atom. The van der Waals surface area contributed by atoms with Crippen molar-refractivity contribution in [3.8, 4) is 23.1 Å². The number of para-hydroxylation sites is 1. The molecule has 1 N–H and O–H groups in total. The van der Waals surface area contributed by atoms with Crippen LogP contribution in [0.25, 0.3) is 17.2 Å². The van der Waals surface area contributed by atoms with E-state index in [1.54, 1.807) is 15.5 Å². The number of hydrogen-bond donors (Lipinski definition) is 1. The summed E-state index contributed by atoms with van der Waals surface area (Å²) in [5.41, 5.74) is 3.27. The van der Waals surface area contributed by atoms with E-state index in [0.29, 0.717) is 44.1 Å². The van der Waals surface area contributed by atoms with Gasteiger partial charge in [-0.1, -0.05) is 76.2 Å². The molecule has 40 heavy (non-hydrogen) atoms. The number of aromatic hydroxyl groups is 1. The molecule has 1 fully saturated rings. The number of benzene rings is 2. The Kier molecular flexibility index (Phi) is 7.87. The molecule has 5 rings (SSSR count). The fourth-order valence-corrected chi connectivity index (χ4v) is 5.64. The summed E-state index contributed by atoms with van der Waals surface area (Å²) in [5, 5.41) is 16.5. The number of aryl methyl sites for hydroxylation is 2. The van der Waals surface area contributed by atoms with Gasteiger partial charge in [-0.05, 0) is 47.9 Å². The molecule has 2 aromatic carbocycles. The Balaban J connectivity index is 1.65. The zero-order valence-electron chi connectivity index (χ0n) is 23.7. The summed E-state index contributed by atoms with van der Waals surface area (Å²) >= 11 is 0. The van der Waals surface area contributed by atoms with E-state index in [4.69, 9.17) is 0 Å². The molecule has 0 spiro atoms. The third-order valence-corrected chi connectivity index (χ3v) is 7.64. The molecule has 0 bridgehead atoms. The van der Waals surface area contributed by atoms with E-state index in [0.717, 1.165) is 28.8 Å². The fraction of sp³-hybridized carbons (Fsp3) is 0.375. The zero-order valence-corrected chi connectivity index (χ0v) is 23.7. The second-order valence-electron chi connectivity index (χ2n) is 10.9. The minimum atomic E-state index is -0.748. The van der Waals surface area contributed by atoms with Crippen LogP contribution in [0.5, 0.6) is 5.88 Å². The Morgan fingerprint density at radius 3 is 2.38 bits per heavy atom. The van der Waals surface area contributed by atoms with Gasteiger partial charge in [0.25, 0.3) is 11.5 Å². The van der Waals surface area contributed by atoms with Gasteiger partial charge in [-0.25, -0.2) is 0 Å². The molecule has 3 heterocycles. The SMILES string of the molecule is CCc1cccc(CC)c1-n1c(-c2ccn(CC(C)C)n2)nc(=O)c(C(=O)N2CC[C@@H](c3ccccc3)C2)c1O. The number of hydrogen-bond acceptors (Lipinski definition) is 5. The van der Waals surface area contributed by atoms with E-state index in [1.807, 2.05) is 61.1 Å². The Labute approximate surface area is 234 Å². The topological polar surface area (TPSA) is 93.2 Å². The van der Waals surface area contributed by atoms with Gasteiger partial charge in [0, 0.05) is 31.7 Å². The van der Waals surface area contributed by atoms with Crippen molar-refractivity contribution in [1.82, 2.24) is 24.2 Å². The lowest BCUT2D eigenvalue weighted by Gasteiger charge is -2.23. The Hall–Kier alpha value is -4.20. The van der Waals surface area contributed by atoms with Crippen molar-refractivity contribution < 1.29 is 9.90 Å². The van der Waals surface area contributed by atoms with Gasteiger partial charge < -0.3 is 10.0 Å². The van der Waals surface area contributed by atoms with Gasteiger partial charge >= 0.3 is 0 Å². The molecular weight excluding hydrogens is 502 g/mol. The highest BCUT2D eigenvalue weighted by atomic mass is 16.3. The summed E-state index contributed by atoms with van der Waals surface area (Å²) in [6.45, 7) is 9.99. The Bertz CT molecular complexity index is 1550. The monoisotopic (exact) mass is 539 g/mol. The molecule has 1 atom stereocenters. The highest BCUT2D eigenvalue weighted by Gasteiger charge is 2.33. The predicted molar refractivity (Wildman–Crippen MR) is 156 cm³/mol. The lowest BCUT2D eigenvalue weighted by atomic mass is 9.99. The summed E-state index contributed by atoms with van der Waals surface area (Å²) in [7, 11) is 0. The summed E-state index contributed by atoms with van der Waals surface area (Å²) in [6, 6.07) is 17.9.